The summed E-state index contributed by atoms with van der Waals surface area (Å²) in [6, 6.07) is 0. The highest BCUT2D eigenvalue weighted by atomic mass is 32.1. The normalized spacial score (nSPS) is 30.5. The lowest BCUT2D eigenvalue weighted by molar-refractivity contribution is 0.170. The Hall–Kier alpha value is -0.110. The van der Waals surface area contributed by atoms with E-state index in [-0.39, 0.29) is 0 Å². The Morgan fingerprint density at radius 1 is 1.64 bits per heavy atom. The van der Waals surface area contributed by atoms with E-state index >= 15 is 0 Å². The molecule has 0 aromatic carbocycles. The predicted octanol–water partition coefficient (Wildman–Crippen LogP) is 2.93. The Morgan fingerprint density at radius 2 is 2.36 bits per heavy atom. The number of hydrogen-bond donors (Lipinski definition) is 0. The molecule has 0 amide bonds. The fraction of sp³-hybridized carbons (Fsp3) is 0.889. The summed E-state index contributed by atoms with van der Waals surface area (Å²) in [5, 5.41) is 0.818. The Bertz CT molecular complexity index is 144. The maximum absolute atomic E-state index is 5.51. The summed E-state index contributed by atoms with van der Waals surface area (Å²) in [5.74, 6) is 0.647. The molecule has 0 aromatic rings. The molecule has 1 aliphatic rings. The molecule has 0 N–H and O–H groups in total. The lowest BCUT2D eigenvalue weighted by Crippen LogP contribution is -2.12. The van der Waals surface area contributed by atoms with E-state index in [1.54, 1.807) is 0 Å². The van der Waals surface area contributed by atoms with Gasteiger partial charge in [0.1, 0.15) is 6.10 Å². The van der Waals surface area contributed by atoms with Crippen molar-refractivity contribution in [2.45, 2.75) is 45.6 Å². The molecule has 2 heteroatoms. The third-order valence-corrected chi connectivity index (χ3v) is 2.51. The molecule has 1 rings (SSSR count). The van der Waals surface area contributed by atoms with Gasteiger partial charge in [-0.3, -0.25) is 0 Å². The van der Waals surface area contributed by atoms with Crippen molar-refractivity contribution in [2.24, 2.45) is 5.92 Å². The molecule has 1 nitrogen and oxygen atoms in total. The van der Waals surface area contributed by atoms with Crippen LogP contribution in [0.1, 0.15) is 39.5 Å². The van der Waals surface area contributed by atoms with E-state index in [0.29, 0.717) is 12.0 Å². The molecule has 0 saturated carbocycles. The van der Waals surface area contributed by atoms with Crippen LogP contribution in [0.2, 0.25) is 0 Å². The predicted molar refractivity (Wildman–Crippen MR) is 50.8 cm³/mol. The molecule has 0 aromatic heterocycles. The van der Waals surface area contributed by atoms with E-state index in [9.17, 15) is 0 Å². The van der Waals surface area contributed by atoms with E-state index in [0.717, 1.165) is 11.5 Å². The fourth-order valence-corrected chi connectivity index (χ4v) is 1.86. The average Bonchev–Trinajstić information content (AvgIpc) is 2.26. The molecule has 0 aliphatic carbocycles. The van der Waals surface area contributed by atoms with E-state index in [1.165, 1.54) is 19.3 Å². The van der Waals surface area contributed by atoms with Gasteiger partial charge in [-0.05, 0) is 18.6 Å². The first-order valence-corrected chi connectivity index (χ1v) is 4.84. The van der Waals surface area contributed by atoms with Gasteiger partial charge in [0.2, 0.25) is 0 Å². The molecule has 0 bridgehead atoms. The summed E-state index contributed by atoms with van der Waals surface area (Å²) in [7, 11) is 0. The minimum Gasteiger partial charge on any atom is -0.484 e. The number of hydrogen-bond acceptors (Lipinski definition) is 2. The van der Waals surface area contributed by atoms with Crippen molar-refractivity contribution in [2.75, 3.05) is 0 Å². The Balaban J connectivity index is 2.28. The first-order chi connectivity index (χ1) is 5.24. The van der Waals surface area contributed by atoms with Gasteiger partial charge < -0.3 is 4.74 Å². The molecule has 1 aliphatic heterocycles. The summed E-state index contributed by atoms with van der Waals surface area (Å²) >= 11 is 5.00. The van der Waals surface area contributed by atoms with E-state index < -0.39 is 0 Å². The molecule has 1 saturated heterocycles. The zero-order chi connectivity index (χ0) is 8.27. The van der Waals surface area contributed by atoms with Crippen LogP contribution in [0.3, 0.4) is 0 Å². The number of ether oxygens (including phenoxy) is 1. The van der Waals surface area contributed by atoms with Crippen LogP contribution in [0, 0.1) is 5.92 Å². The zero-order valence-electron chi connectivity index (χ0n) is 7.30. The van der Waals surface area contributed by atoms with E-state index in [2.05, 4.69) is 13.8 Å². The van der Waals surface area contributed by atoms with Crippen LogP contribution in [0.15, 0.2) is 0 Å². The second-order valence-corrected chi connectivity index (χ2v) is 3.81. The number of thiocarbonyl (C=S) groups is 1. The number of rotatable bonds is 3. The van der Waals surface area contributed by atoms with Gasteiger partial charge in [-0.2, -0.15) is 0 Å². The monoisotopic (exact) mass is 172 g/mol. The molecule has 1 heterocycles. The topological polar surface area (TPSA) is 9.23 Å². The average molecular weight is 172 g/mol. The van der Waals surface area contributed by atoms with Crippen molar-refractivity contribution < 1.29 is 4.74 Å². The molecule has 64 valence electrons. The van der Waals surface area contributed by atoms with Gasteiger partial charge >= 0.3 is 0 Å². The maximum atomic E-state index is 5.51. The summed E-state index contributed by atoms with van der Waals surface area (Å²) < 4.78 is 5.51. The Morgan fingerprint density at radius 3 is 2.82 bits per heavy atom. The van der Waals surface area contributed by atoms with Crippen LogP contribution in [-0.4, -0.2) is 11.2 Å². The van der Waals surface area contributed by atoms with Gasteiger partial charge in [-0.1, -0.05) is 26.7 Å². The van der Waals surface area contributed by atoms with Gasteiger partial charge in [-0.25, -0.2) is 0 Å². The highest BCUT2D eigenvalue weighted by molar-refractivity contribution is 7.80. The summed E-state index contributed by atoms with van der Waals surface area (Å²) in [5.41, 5.74) is 0. The van der Waals surface area contributed by atoms with Gasteiger partial charge in [0.25, 0.3) is 0 Å². The van der Waals surface area contributed by atoms with Gasteiger partial charge in [0, 0.05) is 12.3 Å². The van der Waals surface area contributed by atoms with Crippen molar-refractivity contribution >= 4 is 17.3 Å². The van der Waals surface area contributed by atoms with Crippen LogP contribution in [0.4, 0.5) is 0 Å². The second-order valence-electron chi connectivity index (χ2n) is 3.35. The highest BCUT2D eigenvalue weighted by Gasteiger charge is 2.27. The van der Waals surface area contributed by atoms with Crippen LogP contribution < -0.4 is 0 Å². The molecular weight excluding hydrogens is 156 g/mol. The smallest absolute Gasteiger partial charge is 0.160 e. The van der Waals surface area contributed by atoms with Crippen molar-refractivity contribution in [3.63, 3.8) is 0 Å². The van der Waals surface area contributed by atoms with Crippen molar-refractivity contribution in [1.29, 1.82) is 0 Å². The Kier molecular flexibility index (Phi) is 3.31. The first kappa shape index (κ1) is 8.98. The van der Waals surface area contributed by atoms with Crippen LogP contribution in [-0.2, 0) is 4.74 Å². The molecule has 11 heavy (non-hydrogen) atoms. The van der Waals surface area contributed by atoms with Crippen molar-refractivity contribution in [3.8, 4) is 0 Å². The highest BCUT2D eigenvalue weighted by Crippen LogP contribution is 2.26. The van der Waals surface area contributed by atoms with Crippen molar-refractivity contribution in [1.82, 2.24) is 0 Å². The zero-order valence-corrected chi connectivity index (χ0v) is 8.12. The standard InChI is InChI=1S/C9H16OS/c1-3-4-5-8-7(2)6-9(11)10-8/h7-8H,3-6H2,1-2H3/t7-,8-/m0/s1. The lowest BCUT2D eigenvalue weighted by atomic mass is 10.00. The van der Waals surface area contributed by atoms with Crippen LogP contribution in [0.5, 0.6) is 0 Å². The largest absolute Gasteiger partial charge is 0.484 e. The third-order valence-electron chi connectivity index (χ3n) is 2.25. The first-order valence-electron chi connectivity index (χ1n) is 4.43. The fourth-order valence-electron chi connectivity index (χ4n) is 1.48. The Labute approximate surface area is 74.1 Å². The quantitative estimate of drug-likeness (QED) is 0.605. The molecular formula is C9H16OS. The van der Waals surface area contributed by atoms with Gasteiger partial charge in [-0.15, -0.1) is 0 Å². The third kappa shape index (κ3) is 2.44. The molecule has 0 spiro atoms. The second kappa shape index (κ2) is 4.05. The van der Waals surface area contributed by atoms with E-state index in [4.69, 9.17) is 17.0 Å². The van der Waals surface area contributed by atoms with Crippen LogP contribution >= 0.6 is 12.2 Å². The maximum Gasteiger partial charge on any atom is 0.160 e. The summed E-state index contributed by atoms with van der Waals surface area (Å²) in [6.45, 7) is 4.43. The van der Waals surface area contributed by atoms with Gasteiger partial charge in [0.15, 0.2) is 5.05 Å². The van der Waals surface area contributed by atoms with Crippen molar-refractivity contribution in [3.05, 3.63) is 0 Å². The summed E-state index contributed by atoms with van der Waals surface area (Å²) in [4.78, 5) is 0. The molecule has 0 unspecified atom stereocenters. The molecule has 1 fully saturated rings. The summed E-state index contributed by atoms with van der Waals surface area (Å²) in [6.07, 6.45) is 5.10. The van der Waals surface area contributed by atoms with Crippen LogP contribution in [0.25, 0.3) is 0 Å². The molecule has 2 atom stereocenters. The number of unbranched alkanes of at least 4 members (excludes halogenated alkanes) is 1. The minimum absolute atomic E-state index is 0.419. The molecule has 0 radical (unpaired) electrons. The lowest BCUT2D eigenvalue weighted by Gasteiger charge is -2.12. The SMILES string of the molecule is CCCC[C@@H]1OC(=S)C[C@@H]1C. The van der Waals surface area contributed by atoms with Gasteiger partial charge in [0.05, 0.1) is 0 Å². The van der Waals surface area contributed by atoms with E-state index in [1.807, 2.05) is 0 Å². The minimum atomic E-state index is 0.419.